The first-order valence-electron chi connectivity index (χ1n) is 6.41. The Kier molecular flexibility index (Phi) is 4.66. The molecule has 0 aliphatic rings. The highest BCUT2D eigenvalue weighted by Crippen LogP contribution is 2.15. The molecule has 0 bridgehead atoms. The van der Waals surface area contributed by atoms with Crippen LogP contribution in [0.4, 0.5) is 10.1 Å². The van der Waals surface area contributed by atoms with Gasteiger partial charge in [0.25, 0.3) is 0 Å². The Morgan fingerprint density at radius 3 is 2.35 bits per heavy atom. The highest BCUT2D eigenvalue weighted by molar-refractivity contribution is 5.94. The Hall–Kier alpha value is -2.42. The molecule has 0 spiro atoms. The van der Waals surface area contributed by atoms with Gasteiger partial charge in [0, 0.05) is 12.2 Å². The average molecular weight is 269 g/mol. The third-order valence-electron chi connectivity index (χ3n) is 2.95. The third-order valence-corrected chi connectivity index (χ3v) is 2.95. The number of anilines is 1. The fourth-order valence-electron chi connectivity index (χ4n) is 1.96. The molecule has 2 nitrogen and oxygen atoms in total. The van der Waals surface area contributed by atoms with Gasteiger partial charge in [-0.1, -0.05) is 36.4 Å². The minimum absolute atomic E-state index is 0.0392. The van der Waals surface area contributed by atoms with Gasteiger partial charge in [0.2, 0.25) is 5.91 Å². The van der Waals surface area contributed by atoms with Crippen molar-refractivity contribution in [1.29, 1.82) is 0 Å². The number of hydrogen-bond donors (Lipinski definition) is 0. The lowest BCUT2D eigenvalue weighted by Crippen LogP contribution is -2.32. The predicted molar refractivity (Wildman–Crippen MR) is 79.1 cm³/mol. The standard InChI is InChI=1S/C17H16FNO/c1-2-12-19(16-6-4-3-5-7-16)17(20)13-14-8-10-15(18)11-9-14/h2-11H,1,12-13H2. The number of halogens is 1. The molecule has 0 heterocycles. The van der Waals surface area contributed by atoms with E-state index in [1.54, 1.807) is 23.1 Å². The molecule has 1 amide bonds. The molecule has 2 rings (SSSR count). The molecular weight excluding hydrogens is 253 g/mol. The summed E-state index contributed by atoms with van der Waals surface area (Å²) in [5, 5.41) is 0. The van der Waals surface area contributed by atoms with Crippen LogP contribution in [0.25, 0.3) is 0 Å². The molecule has 0 saturated heterocycles. The van der Waals surface area contributed by atoms with Gasteiger partial charge in [-0.2, -0.15) is 0 Å². The van der Waals surface area contributed by atoms with Gasteiger partial charge in [0.05, 0.1) is 6.42 Å². The summed E-state index contributed by atoms with van der Waals surface area (Å²) >= 11 is 0. The number of para-hydroxylation sites is 1. The van der Waals surface area contributed by atoms with Crippen molar-refractivity contribution in [3.05, 3.63) is 78.6 Å². The summed E-state index contributed by atoms with van der Waals surface area (Å²) in [5.41, 5.74) is 1.63. The molecule has 0 aliphatic carbocycles. The van der Waals surface area contributed by atoms with Crippen LogP contribution in [-0.4, -0.2) is 12.5 Å². The molecule has 0 radical (unpaired) electrons. The molecule has 0 saturated carbocycles. The first kappa shape index (κ1) is 14.0. The highest BCUT2D eigenvalue weighted by Gasteiger charge is 2.14. The summed E-state index contributed by atoms with van der Waals surface area (Å²) in [5.74, 6) is -0.338. The molecule has 2 aromatic carbocycles. The predicted octanol–water partition coefficient (Wildman–Crippen LogP) is 3.59. The van der Waals surface area contributed by atoms with Crippen LogP contribution >= 0.6 is 0 Å². The lowest BCUT2D eigenvalue weighted by molar-refractivity contribution is -0.117. The van der Waals surface area contributed by atoms with Crippen LogP contribution in [0.5, 0.6) is 0 Å². The Morgan fingerprint density at radius 1 is 1.10 bits per heavy atom. The first-order chi connectivity index (χ1) is 9.70. The largest absolute Gasteiger partial charge is 0.308 e. The van der Waals surface area contributed by atoms with E-state index in [9.17, 15) is 9.18 Å². The summed E-state index contributed by atoms with van der Waals surface area (Å²) in [6.07, 6.45) is 1.93. The fourth-order valence-corrected chi connectivity index (χ4v) is 1.96. The van der Waals surface area contributed by atoms with Gasteiger partial charge in [-0.25, -0.2) is 4.39 Å². The molecule has 3 heteroatoms. The van der Waals surface area contributed by atoms with Crippen molar-refractivity contribution in [2.24, 2.45) is 0 Å². The van der Waals surface area contributed by atoms with Crippen molar-refractivity contribution in [2.75, 3.05) is 11.4 Å². The number of benzene rings is 2. The quantitative estimate of drug-likeness (QED) is 0.760. The van der Waals surface area contributed by atoms with Crippen LogP contribution in [0.15, 0.2) is 67.3 Å². The smallest absolute Gasteiger partial charge is 0.231 e. The third kappa shape index (κ3) is 3.54. The molecule has 20 heavy (non-hydrogen) atoms. The van der Waals surface area contributed by atoms with Crippen LogP contribution in [0.3, 0.4) is 0 Å². The number of carbonyl (C=O) groups is 1. The van der Waals surface area contributed by atoms with Gasteiger partial charge in [0.1, 0.15) is 5.82 Å². The summed E-state index contributed by atoms with van der Waals surface area (Å²) in [6, 6.07) is 15.4. The minimum atomic E-state index is -0.299. The molecule has 0 aromatic heterocycles. The van der Waals surface area contributed by atoms with Gasteiger partial charge < -0.3 is 4.90 Å². The summed E-state index contributed by atoms with van der Waals surface area (Å²) in [6.45, 7) is 4.13. The first-order valence-corrected chi connectivity index (χ1v) is 6.41. The second kappa shape index (κ2) is 6.66. The van der Waals surface area contributed by atoms with Crippen LogP contribution in [0.1, 0.15) is 5.56 Å². The maximum absolute atomic E-state index is 12.9. The fraction of sp³-hybridized carbons (Fsp3) is 0.118. The Labute approximate surface area is 118 Å². The maximum Gasteiger partial charge on any atom is 0.231 e. The second-order valence-electron chi connectivity index (χ2n) is 4.43. The van der Waals surface area contributed by atoms with Gasteiger partial charge in [-0.3, -0.25) is 4.79 Å². The summed E-state index contributed by atoms with van der Waals surface area (Å²) in [7, 11) is 0. The molecular formula is C17H16FNO. The molecule has 102 valence electrons. The van der Waals surface area contributed by atoms with Crippen LogP contribution in [0, 0.1) is 5.82 Å². The molecule has 0 aliphatic heterocycles. The lowest BCUT2D eigenvalue weighted by Gasteiger charge is -2.21. The minimum Gasteiger partial charge on any atom is -0.308 e. The Balaban J connectivity index is 2.15. The van der Waals surface area contributed by atoms with E-state index in [0.717, 1.165) is 11.3 Å². The van der Waals surface area contributed by atoms with E-state index < -0.39 is 0 Å². The average Bonchev–Trinajstić information content (AvgIpc) is 2.48. The lowest BCUT2D eigenvalue weighted by atomic mass is 10.1. The number of rotatable bonds is 5. The molecule has 2 aromatic rings. The van der Waals surface area contributed by atoms with E-state index in [1.165, 1.54) is 12.1 Å². The summed E-state index contributed by atoms with van der Waals surface area (Å²) in [4.78, 5) is 14.0. The van der Waals surface area contributed by atoms with Crippen LogP contribution in [-0.2, 0) is 11.2 Å². The highest BCUT2D eigenvalue weighted by atomic mass is 19.1. The van der Waals surface area contributed by atoms with Crippen molar-refractivity contribution in [3.63, 3.8) is 0 Å². The second-order valence-corrected chi connectivity index (χ2v) is 4.43. The molecule has 0 fully saturated rings. The van der Waals surface area contributed by atoms with E-state index in [1.807, 2.05) is 30.3 Å². The number of amides is 1. The maximum atomic E-state index is 12.9. The zero-order chi connectivity index (χ0) is 14.4. The van der Waals surface area contributed by atoms with Gasteiger partial charge >= 0.3 is 0 Å². The van der Waals surface area contributed by atoms with Crippen molar-refractivity contribution >= 4 is 11.6 Å². The Morgan fingerprint density at radius 2 is 1.75 bits per heavy atom. The van der Waals surface area contributed by atoms with Gasteiger partial charge in [0.15, 0.2) is 0 Å². The number of nitrogens with zero attached hydrogens (tertiary/aromatic N) is 1. The van der Waals surface area contributed by atoms with Crippen molar-refractivity contribution < 1.29 is 9.18 Å². The Bertz CT molecular complexity index is 578. The van der Waals surface area contributed by atoms with E-state index in [2.05, 4.69) is 6.58 Å². The van der Waals surface area contributed by atoms with E-state index >= 15 is 0 Å². The van der Waals surface area contributed by atoms with Gasteiger partial charge in [-0.15, -0.1) is 6.58 Å². The number of carbonyl (C=O) groups excluding carboxylic acids is 1. The summed E-state index contributed by atoms with van der Waals surface area (Å²) < 4.78 is 12.9. The van der Waals surface area contributed by atoms with Crippen molar-refractivity contribution in [1.82, 2.24) is 0 Å². The van der Waals surface area contributed by atoms with Gasteiger partial charge in [-0.05, 0) is 29.8 Å². The SMILES string of the molecule is C=CCN(C(=O)Cc1ccc(F)cc1)c1ccccc1. The van der Waals surface area contributed by atoms with E-state index in [-0.39, 0.29) is 18.1 Å². The normalized spacial score (nSPS) is 10.1. The van der Waals surface area contributed by atoms with Crippen molar-refractivity contribution in [2.45, 2.75) is 6.42 Å². The monoisotopic (exact) mass is 269 g/mol. The van der Waals surface area contributed by atoms with Crippen molar-refractivity contribution in [3.8, 4) is 0 Å². The molecule has 0 N–H and O–H groups in total. The molecule has 0 unspecified atom stereocenters. The van der Waals surface area contributed by atoms with Crippen LogP contribution < -0.4 is 4.90 Å². The molecule has 0 atom stereocenters. The zero-order valence-electron chi connectivity index (χ0n) is 11.1. The zero-order valence-corrected chi connectivity index (χ0v) is 11.1. The van der Waals surface area contributed by atoms with E-state index in [4.69, 9.17) is 0 Å². The van der Waals surface area contributed by atoms with E-state index in [0.29, 0.717) is 6.54 Å². The van der Waals surface area contributed by atoms with Crippen LogP contribution in [0.2, 0.25) is 0 Å². The number of hydrogen-bond acceptors (Lipinski definition) is 1. The topological polar surface area (TPSA) is 20.3 Å².